The fourth-order valence-electron chi connectivity index (χ4n) is 7.16. The lowest BCUT2D eigenvalue weighted by Gasteiger charge is -2.42. The summed E-state index contributed by atoms with van der Waals surface area (Å²) in [5.41, 5.74) is 2.84. The Hall–Kier alpha value is -3.04. The monoisotopic (exact) mass is 515 g/mol. The van der Waals surface area contributed by atoms with E-state index < -0.39 is 0 Å². The first-order valence-corrected chi connectivity index (χ1v) is 14.4. The first kappa shape index (κ1) is 24.0. The topological polar surface area (TPSA) is 88.4 Å². The number of aromatic nitrogens is 4. The molecule has 2 saturated heterocycles. The minimum Gasteiger partial charge on any atom is -0.381 e. The fraction of sp³-hybridized carbons (Fsp3) is 0.586. The number of carbonyl (C=O) groups excluding carboxylic acids is 1. The van der Waals surface area contributed by atoms with Crippen LogP contribution in [0, 0.1) is 0 Å². The molecular formula is C29H37N7O2. The molecule has 3 fully saturated rings. The van der Waals surface area contributed by atoms with Gasteiger partial charge in [0.15, 0.2) is 5.78 Å². The van der Waals surface area contributed by atoms with Crippen LogP contribution < -0.4 is 10.2 Å². The third kappa shape index (κ3) is 4.35. The van der Waals surface area contributed by atoms with Gasteiger partial charge in [0, 0.05) is 69.0 Å². The number of pyridine rings is 1. The summed E-state index contributed by atoms with van der Waals surface area (Å²) >= 11 is 0. The minimum absolute atomic E-state index is 0.0174. The molecule has 4 aliphatic rings. The molecule has 1 saturated carbocycles. The fourth-order valence-corrected chi connectivity index (χ4v) is 7.16. The number of hydrogen-bond donors (Lipinski definition) is 1. The zero-order valence-corrected chi connectivity index (χ0v) is 22.1. The van der Waals surface area contributed by atoms with Crippen LogP contribution in [0.3, 0.4) is 0 Å². The quantitative estimate of drug-likeness (QED) is 0.543. The highest BCUT2D eigenvalue weighted by Crippen LogP contribution is 2.45. The molecule has 7 rings (SSSR count). The first-order chi connectivity index (χ1) is 18.7. The third-order valence-electron chi connectivity index (χ3n) is 9.28. The highest BCUT2D eigenvalue weighted by atomic mass is 16.5. The van der Waals surface area contributed by atoms with Gasteiger partial charge in [-0.25, -0.2) is 9.97 Å². The first-order valence-electron chi connectivity index (χ1n) is 14.4. The van der Waals surface area contributed by atoms with Crippen molar-refractivity contribution in [3.8, 4) is 0 Å². The molecule has 3 aromatic rings. The molecule has 1 aliphatic carbocycles. The van der Waals surface area contributed by atoms with Crippen LogP contribution in [0.2, 0.25) is 0 Å². The number of ketones is 1. The Kier molecular flexibility index (Phi) is 6.28. The van der Waals surface area contributed by atoms with Crippen molar-refractivity contribution in [2.24, 2.45) is 0 Å². The van der Waals surface area contributed by atoms with Crippen LogP contribution in [-0.2, 0) is 10.3 Å². The minimum atomic E-state index is 0.0174. The van der Waals surface area contributed by atoms with E-state index >= 15 is 0 Å². The van der Waals surface area contributed by atoms with Crippen molar-refractivity contribution in [3.63, 3.8) is 0 Å². The van der Waals surface area contributed by atoms with Crippen LogP contribution in [0.25, 0.3) is 11.0 Å². The SMILES string of the molecule is O=C1CCC2(CCCCC2)n2c1cc1cnc(Nc3ccc(N4CCN(C5CCOCC5)CC4)cn3)nc12. The van der Waals surface area contributed by atoms with Gasteiger partial charge in [-0.2, -0.15) is 4.98 Å². The van der Waals surface area contributed by atoms with Crippen molar-refractivity contribution in [2.45, 2.75) is 69.4 Å². The van der Waals surface area contributed by atoms with E-state index in [0.29, 0.717) is 18.4 Å². The second kappa shape index (κ2) is 9.93. The largest absolute Gasteiger partial charge is 0.381 e. The highest BCUT2D eigenvalue weighted by Gasteiger charge is 2.41. The van der Waals surface area contributed by atoms with E-state index in [-0.39, 0.29) is 11.3 Å². The molecule has 1 N–H and O–H groups in total. The number of anilines is 3. The van der Waals surface area contributed by atoms with Crippen molar-refractivity contribution < 1.29 is 9.53 Å². The van der Waals surface area contributed by atoms with Crippen LogP contribution in [-0.4, -0.2) is 75.6 Å². The van der Waals surface area contributed by atoms with Gasteiger partial charge in [0.05, 0.1) is 17.6 Å². The third-order valence-corrected chi connectivity index (χ3v) is 9.28. The summed E-state index contributed by atoms with van der Waals surface area (Å²) in [4.78, 5) is 32.0. The van der Waals surface area contributed by atoms with Gasteiger partial charge in [0.2, 0.25) is 5.95 Å². The van der Waals surface area contributed by atoms with E-state index in [0.717, 1.165) is 99.7 Å². The standard InChI is InChI=1S/C29H37N7O2/c37-25-6-11-29(9-2-1-3-10-29)36-24(25)18-21-19-31-28(33-27(21)36)32-26-5-4-23(20-30-26)35-14-12-34(13-15-35)22-7-16-38-17-8-22/h4-5,18-20,22H,1-3,6-17H2,(H,30,31,32,33). The predicted molar refractivity (Wildman–Crippen MR) is 147 cm³/mol. The Balaban J connectivity index is 1.07. The molecule has 200 valence electrons. The number of fused-ring (bicyclic) bond motifs is 4. The lowest BCUT2D eigenvalue weighted by atomic mass is 9.75. The molecule has 38 heavy (non-hydrogen) atoms. The molecule has 0 bridgehead atoms. The van der Waals surface area contributed by atoms with Crippen LogP contribution in [0.15, 0.2) is 30.6 Å². The molecule has 6 heterocycles. The molecule has 0 amide bonds. The molecular weight excluding hydrogens is 478 g/mol. The normalized spacial score (nSPS) is 22.6. The van der Waals surface area contributed by atoms with Gasteiger partial charge in [-0.1, -0.05) is 19.3 Å². The summed E-state index contributed by atoms with van der Waals surface area (Å²) in [5.74, 6) is 1.47. The summed E-state index contributed by atoms with van der Waals surface area (Å²) in [6.07, 6.45) is 13.6. The summed E-state index contributed by atoms with van der Waals surface area (Å²) in [5, 5.41) is 4.24. The number of Topliss-reactive ketones (excluding diaryl/α,β-unsaturated/α-hetero) is 1. The molecule has 3 aromatic heterocycles. The zero-order chi connectivity index (χ0) is 25.5. The second-order valence-electron chi connectivity index (χ2n) is 11.4. The number of nitrogens with zero attached hydrogens (tertiary/aromatic N) is 6. The number of rotatable bonds is 4. The number of piperazine rings is 1. The van der Waals surface area contributed by atoms with Crippen molar-refractivity contribution >= 4 is 34.3 Å². The van der Waals surface area contributed by atoms with Crippen molar-refractivity contribution in [1.82, 2.24) is 24.4 Å². The highest BCUT2D eigenvalue weighted by molar-refractivity contribution is 6.00. The maximum atomic E-state index is 12.8. The molecule has 1 spiro atoms. The smallest absolute Gasteiger partial charge is 0.230 e. The zero-order valence-electron chi connectivity index (χ0n) is 22.1. The summed E-state index contributed by atoms with van der Waals surface area (Å²) in [7, 11) is 0. The number of hydrogen-bond acceptors (Lipinski definition) is 8. The molecule has 9 heteroatoms. The van der Waals surface area contributed by atoms with E-state index in [4.69, 9.17) is 9.72 Å². The number of ether oxygens (including phenoxy) is 1. The van der Waals surface area contributed by atoms with Gasteiger partial charge in [-0.3, -0.25) is 9.69 Å². The summed E-state index contributed by atoms with van der Waals surface area (Å²) in [6.45, 7) is 6.00. The number of nitrogens with one attached hydrogen (secondary N) is 1. The molecule has 0 unspecified atom stereocenters. The maximum Gasteiger partial charge on any atom is 0.230 e. The van der Waals surface area contributed by atoms with Crippen LogP contribution in [0.1, 0.15) is 68.3 Å². The second-order valence-corrected chi connectivity index (χ2v) is 11.4. The van der Waals surface area contributed by atoms with Gasteiger partial charge in [-0.15, -0.1) is 0 Å². The van der Waals surface area contributed by atoms with E-state index in [9.17, 15) is 4.79 Å². The van der Waals surface area contributed by atoms with Crippen molar-refractivity contribution in [1.29, 1.82) is 0 Å². The lowest BCUT2D eigenvalue weighted by molar-refractivity contribution is 0.0321. The van der Waals surface area contributed by atoms with Crippen LogP contribution in [0.5, 0.6) is 0 Å². The average Bonchev–Trinajstić information content (AvgIpc) is 3.38. The van der Waals surface area contributed by atoms with E-state index in [2.05, 4.69) is 35.7 Å². The Morgan fingerprint density at radius 2 is 1.76 bits per heavy atom. The van der Waals surface area contributed by atoms with E-state index in [1.165, 1.54) is 19.3 Å². The van der Waals surface area contributed by atoms with Gasteiger partial charge >= 0.3 is 0 Å². The molecule has 0 radical (unpaired) electrons. The Labute approximate surface area is 223 Å². The average molecular weight is 516 g/mol. The lowest BCUT2D eigenvalue weighted by Crippen LogP contribution is -2.51. The Bertz CT molecular complexity index is 1300. The van der Waals surface area contributed by atoms with Crippen LogP contribution >= 0.6 is 0 Å². The van der Waals surface area contributed by atoms with Crippen molar-refractivity contribution in [2.75, 3.05) is 49.6 Å². The van der Waals surface area contributed by atoms with Crippen LogP contribution in [0.4, 0.5) is 17.5 Å². The predicted octanol–water partition coefficient (Wildman–Crippen LogP) is 4.51. The molecule has 3 aliphatic heterocycles. The maximum absolute atomic E-state index is 12.8. The molecule has 0 aromatic carbocycles. The number of carbonyl (C=O) groups is 1. The van der Waals surface area contributed by atoms with Gasteiger partial charge in [-0.05, 0) is 50.3 Å². The molecule has 0 atom stereocenters. The van der Waals surface area contributed by atoms with Gasteiger partial charge < -0.3 is 19.5 Å². The summed E-state index contributed by atoms with van der Waals surface area (Å²) in [6, 6.07) is 6.80. The van der Waals surface area contributed by atoms with Crippen molar-refractivity contribution in [3.05, 3.63) is 36.3 Å². The van der Waals surface area contributed by atoms with Gasteiger partial charge in [0.25, 0.3) is 0 Å². The summed E-state index contributed by atoms with van der Waals surface area (Å²) < 4.78 is 7.79. The molecule has 9 nitrogen and oxygen atoms in total. The Morgan fingerprint density at radius 1 is 0.947 bits per heavy atom. The Morgan fingerprint density at radius 3 is 2.53 bits per heavy atom. The van der Waals surface area contributed by atoms with E-state index in [1.54, 1.807) is 0 Å². The van der Waals surface area contributed by atoms with E-state index in [1.807, 2.05) is 24.5 Å². The van der Waals surface area contributed by atoms with Gasteiger partial charge in [0.1, 0.15) is 11.5 Å².